The number of thioether (sulfide) groups is 1. The average molecular weight is 337 g/mol. The second kappa shape index (κ2) is 7.11. The molecule has 0 saturated carbocycles. The van der Waals surface area contributed by atoms with E-state index in [2.05, 4.69) is 15.6 Å². The number of nitrogens with zero attached hydrogens (tertiary/aromatic N) is 1. The fraction of sp³-hybridized carbons (Fsp3) is 0.400. The molecule has 0 aliphatic rings. The summed E-state index contributed by atoms with van der Waals surface area (Å²) in [5.41, 5.74) is 1.64. The number of thiazole rings is 1. The highest BCUT2D eigenvalue weighted by molar-refractivity contribution is 8.00. The van der Waals surface area contributed by atoms with Crippen LogP contribution < -0.4 is 10.6 Å². The quantitative estimate of drug-likeness (QED) is 0.823. The second-order valence-corrected chi connectivity index (χ2v) is 7.36. The van der Waals surface area contributed by atoms with Crippen LogP contribution in [0, 0.1) is 5.92 Å². The molecule has 1 heterocycles. The van der Waals surface area contributed by atoms with Gasteiger partial charge in [0.2, 0.25) is 11.8 Å². The molecule has 0 aliphatic heterocycles. The van der Waals surface area contributed by atoms with Crippen molar-refractivity contribution in [2.24, 2.45) is 5.92 Å². The number of hydrogen-bond donors (Lipinski definition) is 2. The summed E-state index contributed by atoms with van der Waals surface area (Å²) in [6, 6.07) is 5.09. The largest absolute Gasteiger partial charge is 0.344 e. The zero-order valence-electron chi connectivity index (χ0n) is 13.0. The molecule has 2 N–H and O–H groups in total. The summed E-state index contributed by atoms with van der Waals surface area (Å²) in [5.74, 6) is -0.408. The number of hydrogen-bond acceptors (Lipinski definition) is 5. The first-order valence-corrected chi connectivity index (χ1v) is 8.97. The first-order chi connectivity index (χ1) is 10.4. The van der Waals surface area contributed by atoms with Crippen molar-refractivity contribution in [3.8, 4) is 0 Å². The highest BCUT2D eigenvalue weighted by Crippen LogP contribution is 2.30. The Hall–Kier alpha value is -1.60. The van der Waals surface area contributed by atoms with Crippen LogP contribution in [0.3, 0.4) is 0 Å². The van der Waals surface area contributed by atoms with Gasteiger partial charge in [0.15, 0.2) is 4.34 Å². The molecule has 118 valence electrons. The molecule has 7 heteroatoms. The van der Waals surface area contributed by atoms with E-state index >= 15 is 0 Å². The maximum Gasteiger partial charge on any atom is 0.247 e. The van der Waals surface area contributed by atoms with Gasteiger partial charge in [0.25, 0.3) is 0 Å². The van der Waals surface area contributed by atoms with Crippen LogP contribution in [0.2, 0.25) is 0 Å². The molecule has 0 aliphatic carbocycles. The first-order valence-electron chi connectivity index (χ1n) is 6.93. The molecule has 2 aromatic rings. The van der Waals surface area contributed by atoms with Crippen LogP contribution in [0.1, 0.15) is 20.8 Å². The van der Waals surface area contributed by atoms with Crippen LogP contribution in [0.4, 0.5) is 5.69 Å². The number of carbonyl (C=O) groups excluding carboxylic acids is 2. The summed E-state index contributed by atoms with van der Waals surface area (Å²) in [6.45, 7) is 5.21. The van der Waals surface area contributed by atoms with Crippen LogP contribution in [-0.4, -0.2) is 29.1 Å². The predicted molar refractivity (Wildman–Crippen MR) is 92.5 cm³/mol. The molecule has 1 atom stereocenters. The molecular weight excluding hydrogens is 318 g/mol. The fourth-order valence-corrected chi connectivity index (χ4v) is 3.57. The summed E-state index contributed by atoms with van der Waals surface area (Å²) in [7, 11) is 0. The molecule has 0 fully saturated rings. The van der Waals surface area contributed by atoms with Gasteiger partial charge in [-0.1, -0.05) is 25.6 Å². The van der Waals surface area contributed by atoms with Crippen LogP contribution in [0.5, 0.6) is 0 Å². The number of fused-ring (bicyclic) bond motifs is 1. The van der Waals surface area contributed by atoms with E-state index in [4.69, 9.17) is 0 Å². The van der Waals surface area contributed by atoms with Gasteiger partial charge in [-0.2, -0.15) is 0 Å². The topological polar surface area (TPSA) is 71.1 Å². The van der Waals surface area contributed by atoms with E-state index in [-0.39, 0.29) is 17.7 Å². The van der Waals surface area contributed by atoms with E-state index in [9.17, 15) is 9.59 Å². The van der Waals surface area contributed by atoms with Crippen LogP contribution in [0.15, 0.2) is 22.5 Å². The van der Waals surface area contributed by atoms with Crippen molar-refractivity contribution in [2.75, 3.05) is 11.6 Å². The Kier molecular flexibility index (Phi) is 5.42. The van der Waals surface area contributed by atoms with Gasteiger partial charge >= 0.3 is 0 Å². The molecule has 1 aromatic carbocycles. The molecule has 22 heavy (non-hydrogen) atoms. The summed E-state index contributed by atoms with van der Waals surface area (Å²) >= 11 is 3.20. The molecular formula is C15H19N3O2S2. The Morgan fingerprint density at radius 3 is 2.64 bits per heavy atom. The lowest BCUT2D eigenvalue weighted by Crippen LogP contribution is -2.46. The molecule has 5 nitrogen and oxygen atoms in total. The van der Waals surface area contributed by atoms with Crippen molar-refractivity contribution in [1.82, 2.24) is 10.3 Å². The third-order valence-corrected chi connectivity index (χ3v) is 5.12. The SMILES string of the molecule is CSc1nc2ccc(NC(=O)C(NC(C)=O)C(C)C)cc2s1. The third-order valence-electron chi connectivity index (χ3n) is 3.12. The number of carbonyl (C=O) groups is 2. The van der Waals surface area contributed by atoms with Crippen molar-refractivity contribution in [3.63, 3.8) is 0 Å². The molecule has 0 saturated heterocycles. The van der Waals surface area contributed by atoms with Crippen molar-refractivity contribution in [3.05, 3.63) is 18.2 Å². The van der Waals surface area contributed by atoms with Gasteiger partial charge in [-0.15, -0.1) is 11.3 Å². The van der Waals surface area contributed by atoms with Gasteiger partial charge in [0.05, 0.1) is 10.2 Å². The lowest BCUT2D eigenvalue weighted by molar-refractivity contribution is -0.126. The normalized spacial score (nSPS) is 12.4. The van der Waals surface area contributed by atoms with Crippen LogP contribution in [0.25, 0.3) is 10.2 Å². The fourth-order valence-electron chi connectivity index (χ4n) is 2.04. The molecule has 0 bridgehead atoms. The summed E-state index contributed by atoms with van der Waals surface area (Å²) in [5, 5.41) is 5.55. The van der Waals surface area contributed by atoms with E-state index in [1.807, 2.05) is 38.3 Å². The monoisotopic (exact) mass is 337 g/mol. The van der Waals surface area contributed by atoms with Crippen molar-refractivity contribution < 1.29 is 9.59 Å². The van der Waals surface area contributed by atoms with Crippen LogP contribution in [-0.2, 0) is 9.59 Å². The number of amides is 2. The summed E-state index contributed by atoms with van der Waals surface area (Å²) < 4.78 is 2.03. The lowest BCUT2D eigenvalue weighted by Gasteiger charge is -2.20. The van der Waals surface area contributed by atoms with Gasteiger partial charge in [-0.25, -0.2) is 4.98 Å². The summed E-state index contributed by atoms with van der Waals surface area (Å²) in [6.07, 6.45) is 1.99. The molecule has 2 amide bonds. The standard InChI is InChI=1S/C15H19N3O2S2/c1-8(2)13(16-9(3)19)14(20)17-10-5-6-11-12(7-10)22-15(18-11)21-4/h5-8,13H,1-4H3,(H,16,19)(H,17,20). The van der Waals surface area contributed by atoms with Crippen molar-refractivity contribution in [1.29, 1.82) is 0 Å². The maximum atomic E-state index is 12.3. The number of benzene rings is 1. The smallest absolute Gasteiger partial charge is 0.247 e. The van der Waals surface area contributed by atoms with E-state index in [1.54, 1.807) is 23.1 Å². The molecule has 0 spiro atoms. The molecule has 2 rings (SSSR count). The highest BCUT2D eigenvalue weighted by Gasteiger charge is 2.23. The average Bonchev–Trinajstić information content (AvgIpc) is 2.86. The van der Waals surface area contributed by atoms with E-state index < -0.39 is 6.04 Å². The minimum Gasteiger partial charge on any atom is -0.344 e. The Morgan fingerprint density at radius 1 is 1.32 bits per heavy atom. The van der Waals surface area contributed by atoms with Gasteiger partial charge in [-0.05, 0) is 30.4 Å². The van der Waals surface area contributed by atoms with E-state index in [0.29, 0.717) is 5.69 Å². The van der Waals surface area contributed by atoms with E-state index in [0.717, 1.165) is 14.6 Å². The Morgan fingerprint density at radius 2 is 2.05 bits per heavy atom. The second-order valence-electron chi connectivity index (χ2n) is 5.28. The van der Waals surface area contributed by atoms with Gasteiger partial charge in [0, 0.05) is 12.6 Å². The number of aromatic nitrogens is 1. The first kappa shape index (κ1) is 16.8. The number of nitrogens with one attached hydrogen (secondary N) is 2. The van der Waals surface area contributed by atoms with Crippen molar-refractivity contribution >= 4 is 50.8 Å². The van der Waals surface area contributed by atoms with Gasteiger partial charge in [0.1, 0.15) is 6.04 Å². The highest BCUT2D eigenvalue weighted by atomic mass is 32.2. The van der Waals surface area contributed by atoms with Crippen LogP contribution >= 0.6 is 23.1 Å². The Balaban J connectivity index is 2.17. The number of rotatable bonds is 5. The third kappa shape index (κ3) is 3.98. The minimum absolute atomic E-state index is 0.0131. The van der Waals surface area contributed by atoms with Crippen molar-refractivity contribution in [2.45, 2.75) is 31.2 Å². The van der Waals surface area contributed by atoms with Gasteiger partial charge < -0.3 is 10.6 Å². The number of anilines is 1. The minimum atomic E-state index is -0.545. The lowest BCUT2D eigenvalue weighted by atomic mass is 10.0. The molecule has 1 aromatic heterocycles. The van der Waals surface area contributed by atoms with Gasteiger partial charge in [-0.3, -0.25) is 9.59 Å². The Bertz CT molecular complexity index is 697. The summed E-state index contributed by atoms with van der Waals surface area (Å²) in [4.78, 5) is 28.0. The molecule has 1 unspecified atom stereocenters. The van der Waals surface area contributed by atoms with E-state index in [1.165, 1.54) is 6.92 Å². The predicted octanol–water partition coefficient (Wildman–Crippen LogP) is 3.12. The zero-order valence-corrected chi connectivity index (χ0v) is 14.6. The Labute approximate surface area is 137 Å². The zero-order chi connectivity index (χ0) is 16.3. The maximum absolute atomic E-state index is 12.3. The molecule has 0 radical (unpaired) electrons.